The lowest BCUT2D eigenvalue weighted by atomic mass is 10.3. The summed E-state index contributed by atoms with van der Waals surface area (Å²) in [6, 6.07) is 0. The van der Waals surface area contributed by atoms with Crippen molar-refractivity contribution in [1.29, 1.82) is 0 Å². The fourth-order valence-corrected chi connectivity index (χ4v) is 1.64. The van der Waals surface area contributed by atoms with Gasteiger partial charge in [-0.25, -0.2) is 0 Å². The lowest BCUT2D eigenvalue weighted by molar-refractivity contribution is 0.286. The van der Waals surface area contributed by atoms with Crippen molar-refractivity contribution in [3.63, 3.8) is 0 Å². The van der Waals surface area contributed by atoms with Crippen molar-refractivity contribution in [3.8, 4) is 0 Å². The second kappa shape index (κ2) is 5.99. The molecule has 0 atom stereocenters. The summed E-state index contributed by atoms with van der Waals surface area (Å²) in [5, 5.41) is 1.35. The molecule has 0 bridgehead atoms. The molecule has 0 unspecified atom stereocenters. The molecule has 0 aromatic heterocycles. The summed E-state index contributed by atoms with van der Waals surface area (Å²) in [6.07, 6.45) is 2.34. The van der Waals surface area contributed by atoms with Gasteiger partial charge in [0.25, 0.3) is 0 Å². The first kappa shape index (κ1) is 13.4. The summed E-state index contributed by atoms with van der Waals surface area (Å²) in [5.41, 5.74) is 0. The zero-order chi connectivity index (χ0) is 9.14. The van der Waals surface area contributed by atoms with Crippen molar-refractivity contribution in [2.75, 3.05) is 20.3 Å². The first-order valence-electron chi connectivity index (χ1n) is 4.18. The summed E-state index contributed by atoms with van der Waals surface area (Å²) < 4.78 is 0. The van der Waals surface area contributed by atoms with E-state index < -0.39 is 0 Å². The van der Waals surface area contributed by atoms with Crippen LogP contribution in [0.1, 0.15) is 19.8 Å². The van der Waals surface area contributed by atoms with E-state index in [0.29, 0.717) is 10.3 Å². The van der Waals surface area contributed by atoms with Gasteiger partial charge in [0.05, 0.1) is 6.67 Å². The van der Waals surface area contributed by atoms with Gasteiger partial charge < -0.3 is 9.80 Å². The van der Waals surface area contributed by atoms with E-state index in [-0.39, 0.29) is 17.0 Å². The van der Waals surface area contributed by atoms with E-state index >= 15 is 0 Å². The number of halogens is 3. The second-order valence-electron chi connectivity index (χ2n) is 3.04. The number of hydrogen-bond donors (Lipinski definition) is 0. The number of nitrogens with zero attached hydrogens (tertiary/aromatic N) is 2. The Bertz CT molecular complexity index is 197. The van der Waals surface area contributed by atoms with E-state index in [2.05, 4.69) is 11.8 Å². The van der Waals surface area contributed by atoms with Crippen LogP contribution in [0, 0.1) is 0 Å². The van der Waals surface area contributed by atoms with Crippen LogP contribution in [0.4, 0.5) is 0 Å². The summed E-state index contributed by atoms with van der Waals surface area (Å²) in [7, 11) is 1.94. The molecular weight excluding hydrogens is 275 g/mol. The molecule has 0 amide bonds. The van der Waals surface area contributed by atoms with Crippen molar-refractivity contribution >= 4 is 40.2 Å². The van der Waals surface area contributed by atoms with E-state index in [1.807, 2.05) is 11.9 Å². The van der Waals surface area contributed by atoms with Gasteiger partial charge in [0, 0.05) is 13.6 Å². The topological polar surface area (TPSA) is 6.48 Å². The molecule has 0 aromatic carbocycles. The minimum Gasteiger partial charge on any atom is -0.345 e. The first-order valence-corrected chi connectivity index (χ1v) is 4.93. The Morgan fingerprint density at radius 3 is 2.31 bits per heavy atom. The maximum absolute atomic E-state index is 5.99. The molecule has 0 aromatic rings. The van der Waals surface area contributed by atoms with Gasteiger partial charge in [-0.05, 0) is 6.42 Å². The summed E-state index contributed by atoms with van der Waals surface area (Å²) >= 11 is 11.9. The predicted octanol–water partition coefficient (Wildman–Crippen LogP) is 3.17. The summed E-state index contributed by atoms with van der Waals surface area (Å²) in [5.74, 6) is 0. The average molecular weight is 290 g/mol. The van der Waals surface area contributed by atoms with Crippen LogP contribution in [0.15, 0.2) is 10.3 Å². The smallest absolute Gasteiger partial charge is 0.141 e. The zero-order valence-electron chi connectivity index (χ0n) is 7.89. The van der Waals surface area contributed by atoms with E-state index in [9.17, 15) is 0 Å². The number of rotatable bonds is 3. The lowest BCUT2D eigenvalue weighted by Crippen LogP contribution is -2.25. The molecule has 1 heterocycles. The van der Waals surface area contributed by atoms with E-state index in [1.165, 1.54) is 6.42 Å². The van der Waals surface area contributed by atoms with Crippen molar-refractivity contribution in [1.82, 2.24) is 9.80 Å². The maximum Gasteiger partial charge on any atom is 0.141 e. The van der Waals surface area contributed by atoms with E-state index in [1.54, 1.807) is 0 Å². The predicted molar refractivity (Wildman–Crippen MR) is 63.3 cm³/mol. The molecule has 0 saturated carbocycles. The quantitative estimate of drug-likeness (QED) is 0.737. The third-order valence-electron chi connectivity index (χ3n) is 1.95. The first-order chi connectivity index (χ1) is 5.66. The minimum absolute atomic E-state index is 0. The van der Waals surface area contributed by atoms with Gasteiger partial charge in [0.1, 0.15) is 10.3 Å². The Labute approximate surface area is 100 Å². The third kappa shape index (κ3) is 3.22. The van der Waals surface area contributed by atoms with Gasteiger partial charge in [-0.2, -0.15) is 0 Å². The fraction of sp³-hybridized carbons (Fsp3) is 0.750. The van der Waals surface area contributed by atoms with Crippen LogP contribution in [0.2, 0.25) is 0 Å². The molecule has 1 rings (SSSR count). The highest BCUT2D eigenvalue weighted by Crippen LogP contribution is 2.27. The van der Waals surface area contributed by atoms with Gasteiger partial charge in [-0.15, -0.1) is 17.0 Å². The largest absolute Gasteiger partial charge is 0.345 e. The molecule has 5 heteroatoms. The standard InChI is InChI=1S/C8H14Cl2N2.BrH/c1-3-4-5-12-6-11(2)7(9)8(12)10;/h3-6H2,1-2H3;1H. The van der Waals surface area contributed by atoms with Crippen molar-refractivity contribution in [2.24, 2.45) is 0 Å². The van der Waals surface area contributed by atoms with Crippen LogP contribution >= 0.6 is 40.2 Å². The van der Waals surface area contributed by atoms with Crippen LogP contribution in [0.25, 0.3) is 0 Å². The van der Waals surface area contributed by atoms with Gasteiger partial charge in [0.2, 0.25) is 0 Å². The van der Waals surface area contributed by atoms with Crippen LogP contribution < -0.4 is 0 Å². The van der Waals surface area contributed by atoms with Crippen LogP contribution in [0.3, 0.4) is 0 Å². The Morgan fingerprint density at radius 2 is 1.92 bits per heavy atom. The van der Waals surface area contributed by atoms with Crippen LogP contribution in [0.5, 0.6) is 0 Å². The Kier molecular flexibility index (Phi) is 6.18. The molecule has 0 spiro atoms. The average Bonchev–Trinajstić information content (AvgIpc) is 2.30. The molecule has 78 valence electrons. The van der Waals surface area contributed by atoms with Crippen LogP contribution in [-0.4, -0.2) is 30.1 Å². The molecule has 0 radical (unpaired) electrons. The highest BCUT2D eigenvalue weighted by molar-refractivity contribution is 8.93. The van der Waals surface area contributed by atoms with Gasteiger partial charge in [-0.1, -0.05) is 36.5 Å². The molecule has 2 nitrogen and oxygen atoms in total. The van der Waals surface area contributed by atoms with Crippen molar-refractivity contribution in [3.05, 3.63) is 10.3 Å². The lowest BCUT2D eigenvalue weighted by Gasteiger charge is -2.18. The monoisotopic (exact) mass is 288 g/mol. The molecule has 1 aliphatic heterocycles. The highest BCUT2D eigenvalue weighted by atomic mass is 79.9. The highest BCUT2D eigenvalue weighted by Gasteiger charge is 2.22. The molecule has 0 aliphatic carbocycles. The molecule has 0 saturated heterocycles. The normalized spacial score (nSPS) is 16.6. The number of hydrogen-bond acceptors (Lipinski definition) is 2. The van der Waals surface area contributed by atoms with Gasteiger partial charge in [0.15, 0.2) is 0 Å². The maximum atomic E-state index is 5.99. The zero-order valence-corrected chi connectivity index (χ0v) is 11.1. The third-order valence-corrected chi connectivity index (χ3v) is 2.93. The van der Waals surface area contributed by atoms with E-state index in [0.717, 1.165) is 19.6 Å². The molecular formula is C8H15BrCl2N2. The van der Waals surface area contributed by atoms with E-state index in [4.69, 9.17) is 23.2 Å². The molecule has 0 fully saturated rings. The Hall–Kier alpha value is 0.400. The fourth-order valence-electron chi connectivity index (χ4n) is 1.19. The van der Waals surface area contributed by atoms with Crippen molar-refractivity contribution < 1.29 is 0 Å². The van der Waals surface area contributed by atoms with Gasteiger partial charge in [-0.3, -0.25) is 0 Å². The Morgan fingerprint density at radius 1 is 1.31 bits per heavy atom. The van der Waals surface area contributed by atoms with Gasteiger partial charge >= 0.3 is 0 Å². The molecule has 1 aliphatic rings. The number of unbranched alkanes of at least 4 members (excludes halogenated alkanes) is 1. The van der Waals surface area contributed by atoms with Crippen LogP contribution in [-0.2, 0) is 0 Å². The minimum atomic E-state index is 0. The summed E-state index contributed by atoms with van der Waals surface area (Å²) in [6.45, 7) is 3.98. The second-order valence-corrected chi connectivity index (χ2v) is 3.75. The Balaban J connectivity index is 0.00000144. The molecule has 13 heavy (non-hydrogen) atoms. The summed E-state index contributed by atoms with van der Waals surface area (Å²) in [4.78, 5) is 4.03. The SMILES string of the molecule is Br.CCCCN1CN(C)C(Cl)=C1Cl. The molecule has 0 N–H and O–H groups in total. The van der Waals surface area contributed by atoms with Crippen molar-refractivity contribution in [2.45, 2.75) is 19.8 Å².